The van der Waals surface area contributed by atoms with Crippen LogP contribution in [-0.2, 0) is 49.6 Å². The van der Waals surface area contributed by atoms with Crippen LogP contribution in [0.4, 0.5) is 0 Å². The van der Waals surface area contributed by atoms with Gasteiger partial charge < -0.3 is 69.4 Å². The third-order valence-electron chi connectivity index (χ3n) is 7.05. The highest BCUT2D eigenvalue weighted by molar-refractivity contribution is 5.96. The van der Waals surface area contributed by atoms with Crippen molar-refractivity contribution < 1.29 is 58.5 Å². The minimum atomic E-state index is -1.59. The molecule has 0 aliphatic heterocycles. The molecule has 0 saturated heterocycles. The van der Waals surface area contributed by atoms with Gasteiger partial charge in [0, 0.05) is 31.2 Å². The minimum Gasteiger partial charge on any atom is -0.480 e. The van der Waals surface area contributed by atoms with Crippen LogP contribution in [0.25, 0.3) is 0 Å². The molecule has 0 aliphatic carbocycles. The van der Waals surface area contributed by atoms with Crippen LogP contribution in [0.3, 0.4) is 0 Å². The van der Waals surface area contributed by atoms with Crippen molar-refractivity contribution in [3.8, 4) is 0 Å². The SMILES string of the molecule is C[C@H](NC(=O)[C@H](CO)NC(=O)CNC(=O)[C@@H](N)[C@@H](C)O)C(=O)N[C@@H](CCC(N)=O)C(=O)N[C@@H](Cc1cnc[nH]1)C(=O)N[C@@H](CCC(N)=O)C(=O)O. The lowest BCUT2D eigenvalue weighted by atomic mass is 10.1. The number of H-pyrrole nitrogens is 1. The number of primary amides is 2. The molecular formula is C28H45N11O12. The molecule has 284 valence electrons. The number of carbonyl (C=O) groups excluding carboxylic acids is 8. The van der Waals surface area contributed by atoms with E-state index in [1.807, 2.05) is 0 Å². The van der Waals surface area contributed by atoms with E-state index in [0.29, 0.717) is 5.69 Å². The maximum atomic E-state index is 13.4. The molecule has 0 bridgehead atoms. The van der Waals surface area contributed by atoms with Crippen molar-refractivity contribution in [2.75, 3.05) is 13.2 Å². The van der Waals surface area contributed by atoms with Crippen LogP contribution in [0, 0.1) is 0 Å². The summed E-state index contributed by atoms with van der Waals surface area (Å²) in [6.07, 6.45) is -0.343. The van der Waals surface area contributed by atoms with Gasteiger partial charge in [-0.05, 0) is 26.7 Å². The summed E-state index contributed by atoms with van der Waals surface area (Å²) in [5.74, 6) is -8.95. The summed E-state index contributed by atoms with van der Waals surface area (Å²) in [4.78, 5) is 117. The summed E-state index contributed by atoms with van der Waals surface area (Å²) >= 11 is 0. The van der Waals surface area contributed by atoms with E-state index in [0.717, 1.165) is 0 Å². The fourth-order valence-corrected chi connectivity index (χ4v) is 4.09. The van der Waals surface area contributed by atoms with Crippen molar-refractivity contribution in [1.82, 2.24) is 41.9 Å². The van der Waals surface area contributed by atoms with Crippen molar-refractivity contribution in [2.24, 2.45) is 17.2 Å². The Balaban J connectivity index is 3.03. The molecule has 1 rings (SSSR count). The fourth-order valence-electron chi connectivity index (χ4n) is 4.09. The fraction of sp³-hybridized carbons (Fsp3) is 0.571. The number of aromatic amines is 1. The molecule has 0 fully saturated rings. The number of hydrogen-bond donors (Lipinski definition) is 13. The Labute approximate surface area is 290 Å². The van der Waals surface area contributed by atoms with Gasteiger partial charge in [0.15, 0.2) is 0 Å². The van der Waals surface area contributed by atoms with Crippen LogP contribution in [0.2, 0.25) is 0 Å². The highest BCUT2D eigenvalue weighted by Crippen LogP contribution is 2.06. The van der Waals surface area contributed by atoms with Crippen LogP contribution in [0.5, 0.6) is 0 Å². The lowest BCUT2D eigenvalue weighted by Gasteiger charge is -2.25. The van der Waals surface area contributed by atoms with E-state index in [1.54, 1.807) is 0 Å². The zero-order chi connectivity index (χ0) is 38.8. The lowest BCUT2D eigenvalue weighted by molar-refractivity contribution is -0.142. The number of carboxylic acid groups (broad SMARTS) is 1. The number of aromatic nitrogens is 2. The van der Waals surface area contributed by atoms with Crippen molar-refractivity contribution >= 4 is 53.2 Å². The second-order valence-electron chi connectivity index (χ2n) is 11.3. The lowest BCUT2D eigenvalue weighted by Crippen LogP contribution is -2.59. The van der Waals surface area contributed by atoms with Gasteiger partial charge in [-0.15, -0.1) is 0 Å². The smallest absolute Gasteiger partial charge is 0.326 e. The first-order valence-corrected chi connectivity index (χ1v) is 15.5. The zero-order valence-corrected chi connectivity index (χ0v) is 27.8. The number of nitrogens with two attached hydrogens (primary N) is 3. The summed E-state index contributed by atoms with van der Waals surface area (Å²) in [6.45, 7) is 0.854. The normalized spacial score (nSPS) is 14.9. The van der Waals surface area contributed by atoms with Crippen LogP contribution < -0.4 is 49.1 Å². The Kier molecular flexibility index (Phi) is 18.2. The highest BCUT2D eigenvalue weighted by Gasteiger charge is 2.32. The topological polar surface area (TPSA) is 393 Å². The Hall–Kier alpha value is -5.68. The van der Waals surface area contributed by atoms with E-state index in [1.165, 1.54) is 26.4 Å². The van der Waals surface area contributed by atoms with Crippen LogP contribution >= 0.6 is 0 Å². The Morgan fingerprint density at radius 1 is 0.765 bits per heavy atom. The quantitative estimate of drug-likeness (QED) is 0.0498. The van der Waals surface area contributed by atoms with E-state index in [-0.39, 0.29) is 25.7 Å². The van der Waals surface area contributed by atoms with E-state index in [4.69, 9.17) is 17.2 Å². The minimum absolute atomic E-state index is 0.242. The maximum absolute atomic E-state index is 13.4. The molecule has 16 N–H and O–H groups in total. The predicted octanol–water partition coefficient (Wildman–Crippen LogP) is -7.17. The third-order valence-corrected chi connectivity index (χ3v) is 7.05. The summed E-state index contributed by atoms with van der Waals surface area (Å²) in [5.41, 5.74) is 16.1. The number of aliphatic carboxylic acids is 1. The predicted molar refractivity (Wildman–Crippen MR) is 172 cm³/mol. The van der Waals surface area contributed by atoms with Gasteiger partial charge in [0.05, 0.1) is 25.6 Å². The Morgan fingerprint density at radius 3 is 1.80 bits per heavy atom. The molecule has 8 amide bonds. The maximum Gasteiger partial charge on any atom is 0.326 e. The average Bonchev–Trinajstić information content (AvgIpc) is 3.57. The molecule has 0 aromatic carbocycles. The second kappa shape index (κ2) is 21.4. The third kappa shape index (κ3) is 16.1. The molecule has 1 aromatic rings. The summed E-state index contributed by atoms with van der Waals surface area (Å²) in [7, 11) is 0. The summed E-state index contributed by atoms with van der Waals surface area (Å²) in [5, 5.41) is 41.9. The molecule has 0 spiro atoms. The number of nitrogens with zero attached hydrogens (tertiary/aromatic N) is 1. The van der Waals surface area contributed by atoms with Gasteiger partial charge in [0.2, 0.25) is 47.3 Å². The number of amides is 8. The molecule has 1 aromatic heterocycles. The molecule has 0 aliphatic rings. The number of carboxylic acids is 1. The second-order valence-corrected chi connectivity index (χ2v) is 11.3. The molecule has 23 nitrogen and oxygen atoms in total. The number of aliphatic hydroxyl groups excluding tert-OH is 2. The number of hydrogen-bond acceptors (Lipinski definition) is 13. The molecule has 0 saturated carbocycles. The first-order valence-electron chi connectivity index (χ1n) is 15.5. The van der Waals surface area contributed by atoms with E-state index in [2.05, 4.69) is 41.9 Å². The van der Waals surface area contributed by atoms with Crippen LogP contribution in [0.15, 0.2) is 12.5 Å². The number of carbonyl (C=O) groups is 9. The molecule has 0 radical (unpaired) electrons. The van der Waals surface area contributed by atoms with Gasteiger partial charge in [-0.2, -0.15) is 0 Å². The molecule has 0 unspecified atom stereocenters. The molecule has 51 heavy (non-hydrogen) atoms. The number of imidazole rings is 1. The van der Waals surface area contributed by atoms with Crippen molar-refractivity contribution in [3.63, 3.8) is 0 Å². The molecule has 23 heteroatoms. The zero-order valence-electron chi connectivity index (χ0n) is 27.8. The largest absolute Gasteiger partial charge is 0.480 e. The van der Waals surface area contributed by atoms with Gasteiger partial charge >= 0.3 is 5.97 Å². The number of rotatable bonds is 23. The van der Waals surface area contributed by atoms with Crippen LogP contribution in [0.1, 0.15) is 45.2 Å². The molecule has 7 atom stereocenters. The van der Waals surface area contributed by atoms with Gasteiger partial charge in [0.25, 0.3) is 0 Å². The summed E-state index contributed by atoms with van der Waals surface area (Å²) < 4.78 is 0. The van der Waals surface area contributed by atoms with Gasteiger partial charge in [-0.3, -0.25) is 38.4 Å². The summed E-state index contributed by atoms with van der Waals surface area (Å²) in [6, 6.07) is -8.89. The Morgan fingerprint density at radius 2 is 1.29 bits per heavy atom. The molecular weight excluding hydrogens is 682 g/mol. The monoisotopic (exact) mass is 727 g/mol. The first kappa shape index (κ1) is 43.3. The first-order chi connectivity index (χ1) is 23.9. The highest BCUT2D eigenvalue weighted by atomic mass is 16.4. The van der Waals surface area contributed by atoms with Crippen molar-refractivity contribution in [2.45, 2.75) is 88.3 Å². The van der Waals surface area contributed by atoms with Gasteiger partial charge in [-0.1, -0.05) is 0 Å². The average molecular weight is 728 g/mol. The van der Waals surface area contributed by atoms with Gasteiger partial charge in [0.1, 0.15) is 36.3 Å². The molecule has 1 heterocycles. The van der Waals surface area contributed by atoms with Crippen molar-refractivity contribution in [3.05, 3.63) is 18.2 Å². The van der Waals surface area contributed by atoms with E-state index >= 15 is 0 Å². The number of aliphatic hydroxyl groups is 2. The van der Waals surface area contributed by atoms with Crippen molar-refractivity contribution in [1.29, 1.82) is 0 Å². The van der Waals surface area contributed by atoms with E-state index < -0.39 is 115 Å². The Bertz CT molecular complexity index is 1410. The van der Waals surface area contributed by atoms with Gasteiger partial charge in [-0.25, -0.2) is 9.78 Å². The standard InChI is InChI=1S/C28H45N11O12/c1-12(35-26(48)18(10-40)36-21(44)9-33-27(49)22(31)13(2)41)23(45)37-15(3-5-19(29)42)24(46)39-17(7-14-8-32-11-34-14)25(47)38-16(28(50)51)4-6-20(30)43/h8,11-13,15-18,22,40-41H,3-7,9-10,31H2,1-2H3,(H2,29,42)(H2,30,43)(H,32,34)(H,33,49)(H,35,48)(H,36,44)(H,37,45)(H,38,47)(H,39,46)(H,50,51)/t12-,13+,15-,16-,17-,18-,22-/m0/s1. The van der Waals surface area contributed by atoms with Crippen LogP contribution in [-0.4, -0.2) is 134 Å². The number of nitrogens with one attached hydrogen (secondary N) is 7. The van der Waals surface area contributed by atoms with E-state index in [9.17, 15) is 58.5 Å².